The molecule has 0 amide bonds. The molecular formula is C11H14N4O6. The van der Waals surface area contributed by atoms with E-state index in [9.17, 15) is 15.3 Å². The second-order valence-electron chi connectivity index (χ2n) is 4.65. The molecule has 114 valence electrons. The molecule has 21 heavy (non-hydrogen) atoms. The lowest BCUT2D eigenvalue weighted by Crippen LogP contribution is -2.43. The van der Waals surface area contributed by atoms with E-state index < -0.39 is 37.0 Å². The molecule has 1 fully saturated rings. The van der Waals surface area contributed by atoms with E-state index in [-0.39, 0.29) is 23.4 Å². The third-order valence-corrected chi connectivity index (χ3v) is 3.34. The lowest BCUT2D eigenvalue weighted by atomic mass is 10.1. The number of anilines is 2. The van der Waals surface area contributed by atoms with Crippen molar-refractivity contribution < 1.29 is 29.9 Å². The minimum atomic E-state index is -1.34. The molecule has 0 radical (unpaired) electrons. The van der Waals surface area contributed by atoms with Gasteiger partial charge in [0.1, 0.15) is 18.3 Å². The van der Waals surface area contributed by atoms with Gasteiger partial charge in [-0.05, 0) is 6.58 Å². The topological polar surface area (TPSA) is 154 Å². The van der Waals surface area contributed by atoms with Crippen LogP contribution in [0.15, 0.2) is 12.5 Å². The van der Waals surface area contributed by atoms with Gasteiger partial charge in [0.15, 0.2) is 17.9 Å². The molecular weight excluding hydrogens is 284 g/mol. The second-order valence-corrected chi connectivity index (χ2v) is 4.65. The highest BCUT2D eigenvalue weighted by molar-refractivity contribution is 5.67. The molecule has 1 aromatic heterocycles. The van der Waals surface area contributed by atoms with E-state index >= 15 is 0 Å². The Morgan fingerprint density at radius 2 is 2.00 bits per heavy atom. The first-order valence-electron chi connectivity index (χ1n) is 6.09. The molecule has 0 spiro atoms. The van der Waals surface area contributed by atoms with Crippen LogP contribution in [0.3, 0.4) is 0 Å². The van der Waals surface area contributed by atoms with Gasteiger partial charge in [-0.15, -0.1) is 0 Å². The summed E-state index contributed by atoms with van der Waals surface area (Å²) in [7, 11) is 0. The van der Waals surface area contributed by atoms with Crippen molar-refractivity contribution in [2.24, 2.45) is 0 Å². The van der Waals surface area contributed by atoms with Gasteiger partial charge in [0, 0.05) is 0 Å². The summed E-state index contributed by atoms with van der Waals surface area (Å²) in [5, 5.41) is 38.6. The number of aliphatic hydroxyl groups is 3. The molecule has 4 atom stereocenters. The van der Waals surface area contributed by atoms with E-state index in [2.05, 4.69) is 16.5 Å². The molecule has 0 bridgehead atoms. The summed E-state index contributed by atoms with van der Waals surface area (Å²) in [5.41, 5.74) is 5.47. The minimum Gasteiger partial charge on any atom is -0.490 e. The monoisotopic (exact) mass is 298 g/mol. The highest BCUT2D eigenvalue weighted by Gasteiger charge is 2.49. The predicted molar refractivity (Wildman–Crippen MR) is 68.1 cm³/mol. The zero-order valence-corrected chi connectivity index (χ0v) is 10.7. The zero-order valence-electron chi connectivity index (χ0n) is 10.7. The fraction of sp³-hybridized carbons (Fsp3) is 0.455. The standard InChI is InChI=1S/C11H14N4O6/c1-3-15(10-6(18)5(17)4(2-16)21-10)8-7(20-3)9(19)14-11(12)13-8/h4-6,10,16-18H,1-2H2,(H3,12,13,14,19)/t4-,5-,6-,10-/m1/s1. The maximum absolute atomic E-state index is 10.0. The molecule has 6 N–H and O–H groups in total. The van der Waals surface area contributed by atoms with Crippen LogP contribution in [-0.4, -0.2) is 61.5 Å². The Kier molecular flexibility index (Phi) is 3.10. The summed E-state index contributed by atoms with van der Waals surface area (Å²) in [5.74, 6) is -0.698. The number of nitrogens with zero attached hydrogens (tertiary/aromatic N) is 3. The molecule has 0 unspecified atom stereocenters. The van der Waals surface area contributed by atoms with Crippen LogP contribution in [0.2, 0.25) is 0 Å². The van der Waals surface area contributed by atoms with Crippen molar-refractivity contribution in [3.05, 3.63) is 12.5 Å². The quantitative estimate of drug-likeness (QED) is 0.409. The van der Waals surface area contributed by atoms with Crippen molar-refractivity contribution in [3.63, 3.8) is 0 Å². The van der Waals surface area contributed by atoms with E-state index in [0.717, 1.165) is 0 Å². The molecule has 1 aromatic rings. The van der Waals surface area contributed by atoms with Gasteiger partial charge in [-0.25, -0.2) is 0 Å². The number of aliphatic hydroxyl groups excluding tert-OH is 3. The maximum atomic E-state index is 10.0. The summed E-state index contributed by atoms with van der Waals surface area (Å²) in [4.78, 5) is 8.69. The van der Waals surface area contributed by atoms with E-state index in [1.165, 1.54) is 4.90 Å². The van der Waals surface area contributed by atoms with Crippen LogP contribution in [0.5, 0.6) is 11.6 Å². The number of hydrogen-bond donors (Lipinski definition) is 5. The highest BCUT2D eigenvalue weighted by atomic mass is 16.6. The predicted octanol–water partition coefficient (Wildman–Crippen LogP) is -2.13. The number of ether oxygens (including phenoxy) is 2. The van der Waals surface area contributed by atoms with Crippen LogP contribution in [0, 0.1) is 0 Å². The van der Waals surface area contributed by atoms with Crippen molar-refractivity contribution in [2.75, 3.05) is 17.2 Å². The third kappa shape index (κ3) is 1.96. The number of nitrogen functional groups attached to an aromatic ring is 1. The second kappa shape index (κ2) is 4.70. The number of hydrogen-bond acceptors (Lipinski definition) is 10. The Bertz CT molecular complexity index is 596. The molecule has 0 aromatic carbocycles. The SMILES string of the molecule is C=C1Oc2c(O)nc(N)nc2N1[C@@H]1O[C@H](CO)[C@@H](O)[C@H]1O. The molecule has 2 aliphatic heterocycles. The van der Waals surface area contributed by atoms with Crippen LogP contribution in [0.4, 0.5) is 11.8 Å². The molecule has 1 saturated heterocycles. The maximum Gasteiger partial charge on any atom is 0.262 e. The Hall–Kier alpha value is -2.14. The lowest BCUT2D eigenvalue weighted by molar-refractivity contribution is -0.0217. The number of nitrogens with two attached hydrogens (primary N) is 1. The molecule has 10 heteroatoms. The van der Waals surface area contributed by atoms with Crippen molar-refractivity contribution in [1.82, 2.24) is 9.97 Å². The zero-order chi connectivity index (χ0) is 15.3. The largest absolute Gasteiger partial charge is 0.490 e. The van der Waals surface area contributed by atoms with Crippen molar-refractivity contribution in [2.45, 2.75) is 24.5 Å². The van der Waals surface area contributed by atoms with Gasteiger partial charge in [0.2, 0.25) is 11.7 Å². The summed E-state index contributed by atoms with van der Waals surface area (Å²) in [6, 6.07) is 0. The smallest absolute Gasteiger partial charge is 0.262 e. The van der Waals surface area contributed by atoms with Gasteiger partial charge in [-0.1, -0.05) is 0 Å². The van der Waals surface area contributed by atoms with Crippen LogP contribution in [0.1, 0.15) is 0 Å². The van der Waals surface area contributed by atoms with Gasteiger partial charge in [0.25, 0.3) is 5.88 Å². The van der Waals surface area contributed by atoms with Crippen LogP contribution in [-0.2, 0) is 4.74 Å². The van der Waals surface area contributed by atoms with E-state index in [4.69, 9.17) is 20.3 Å². The summed E-state index contributed by atoms with van der Waals surface area (Å²) >= 11 is 0. The fourth-order valence-corrected chi connectivity index (χ4v) is 2.34. The molecule has 3 heterocycles. The van der Waals surface area contributed by atoms with Gasteiger partial charge < -0.3 is 35.6 Å². The first kappa shape index (κ1) is 13.8. The Balaban J connectivity index is 2.00. The average Bonchev–Trinajstić information content (AvgIpc) is 2.89. The van der Waals surface area contributed by atoms with E-state index in [1.54, 1.807) is 0 Å². The number of fused-ring (bicyclic) bond motifs is 1. The molecule has 10 nitrogen and oxygen atoms in total. The summed E-state index contributed by atoms with van der Waals surface area (Å²) in [6.45, 7) is 3.15. The fourth-order valence-electron chi connectivity index (χ4n) is 2.34. The van der Waals surface area contributed by atoms with Gasteiger partial charge >= 0.3 is 0 Å². The molecule has 2 aliphatic rings. The number of aromatic nitrogens is 2. The summed E-state index contributed by atoms with van der Waals surface area (Å²) in [6.07, 6.45) is -4.69. The van der Waals surface area contributed by atoms with Crippen molar-refractivity contribution >= 4 is 11.8 Å². The van der Waals surface area contributed by atoms with Crippen LogP contribution in [0.25, 0.3) is 0 Å². The normalized spacial score (nSPS) is 31.4. The van der Waals surface area contributed by atoms with Gasteiger partial charge in [-0.3, -0.25) is 4.90 Å². The Morgan fingerprint density at radius 3 is 2.62 bits per heavy atom. The van der Waals surface area contributed by atoms with E-state index in [1.807, 2.05) is 0 Å². The molecule has 0 aliphatic carbocycles. The number of aromatic hydroxyl groups is 1. The van der Waals surface area contributed by atoms with Gasteiger partial charge in [-0.2, -0.15) is 9.97 Å². The van der Waals surface area contributed by atoms with Crippen molar-refractivity contribution in [3.8, 4) is 11.6 Å². The molecule has 3 rings (SSSR count). The van der Waals surface area contributed by atoms with Crippen LogP contribution < -0.4 is 15.4 Å². The number of rotatable bonds is 2. The van der Waals surface area contributed by atoms with E-state index in [0.29, 0.717) is 0 Å². The summed E-state index contributed by atoms with van der Waals surface area (Å²) < 4.78 is 10.6. The first-order chi connectivity index (χ1) is 9.93. The Morgan fingerprint density at radius 1 is 1.29 bits per heavy atom. The molecule has 0 saturated carbocycles. The van der Waals surface area contributed by atoms with Crippen molar-refractivity contribution in [1.29, 1.82) is 0 Å². The Labute approximate surface area is 118 Å². The first-order valence-corrected chi connectivity index (χ1v) is 6.09. The lowest BCUT2D eigenvalue weighted by Gasteiger charge is -2.26. The van der Waals surface area contributed by atoms with Gasteiger partial charge in [0.05, 0.1) is 6.61 Å². The highest BCUT2D eigenvalue weighted by Crippen LogP contribution is 2.45. The third-order valence-electron chi connectivity index (χ3n) is 3.34. The minimum absolute atomic E-state index is 0.00930. The average molecular weight is 298 g/mol. The van der Waals surface area contributed by atoms with Crippen LogP contribution >= 0.6 is 0 Å².